The third-order valence-corrected chi connectivity index (χ3v) is 3.11. The van der Waals surface area contributed by atoms with Gasteiger partial charge in [0.2, 0.25) is 5.82 Å². The SMILES string of the molecule is O=c1cc(-c2ccc(SC(F)F)cc2)nc(C(F)(F)F)[nH]1. The highest BCUT2D eigenvalue weighted by Crippen LogP contribution is 2.29. The number of hydrogen-bond acceptors (Lipinski definition) is 3. The Balaban J connectivity index is 2.38. The van der Waals surface area contributed by atoms with Gasteiger partial charge in [0.1, 0.15) is 0 Å². The quantitative estimate of drug-likeness (QED) is 0.691. The molecule has 0 spiro atoms. The molecule has 3 nitrogen and oxygen atoms in total. The van der Waals surface area contributed by atoms with Crippen LogP contribution in [0, 0.1) is 0 Å². The molecule has 1 heterocycles. The summed E-state index contributed by atoms with van der Waals surface area (Å²) in [5.74, 6) is -4.00. The van der Waals surface area contributed by atoms with E-state index >= 15 is 0 Å². The zero-order valence-electron chi connectivity index (χ0n) is 10.1. The maximum atomic E-state index is 12.6. The first-order valence-electron chi connectivity index (χ1n) is 5.49. The monoisotopic (exact) mass is 322 g/mol. The summed E-state index contributed by atoms with van der Waals surface area (Å²) in [5.41, 5.74) is -0.900. The summed E-state index contributed by atoms with van der Waals surface area (Å²) in [6, 6.07) is 6.20. The van der Waals surface area contributed by atoms with Gasteiger partial charge in [-0.05, 0) is 12.1 Å². The summed E-state index contributed by atoms with van der Waals surface area (Å²) in [7, 11) is 0. The van der Waals surface area contributed by atoms with Crippen LogP contribution in [-0.2, 0) is 6.18 Å². The van der Waals surface area contributed by atoms with Crippen LogP contribution in [0.3, 0.4) is 0 Å². The number of benzene rings is 1. The van der Waals surface area contributed by atoms with E-state index in [0.29, 0.717) is 11.8 Å². The Bertz CT molecular complexity index is 681. The van der Waals surface area contributed by atoms with E-state index in [1.54, 1.807) is 4.98 Å². The van der Waals surface area contributed by atoms with Crippen molar-refractivity contribution in [3.63, 3.8) is 0 Å². The number of thioether (sulfide) groups is 1. The lowest BCUT2D eigenvalue weighted by Crippen LogP contribution is -2.18. The third-order valence-electron chi connectivity index (χ3n) is 2.39. The maximum absolute atomic E-state index is 12.6. The average Bonchev–Trinajstić information content (AvgIpc) is 2.37. The molecule has 112 valence electrons. The van der Waals surface area contributed by atoms with Crippen molar-refractivity contribution in [2.75, 3.05) is 0 Å². The van der Waals surface area contributed by atoms with Crippen LogP contribution in [0.25, 0.3) is 11.3 Å². The Morgan fingerprint density at radius 2 is 1.76 bits per heavy atom. The molecule has 0 saturated carbocycles. The summed E-state index contributed by atoms with van der Waals surface area (Å²) in [6.45, 7) is 0. The van der Waals surface area contributed by atoms with E-state index in [0.717, 1.165) is 6.07 Å². The Morgan fingerprint density at radius 1 is 1.14 bits per heavy atom. The molecule has 0 atom stereocenters. The van der Waals surface area contributed by atoms with E-state index in [4.69, 9.17) is 0 Å². The number of H-pyrrole nitrogens is 1. The van der Waals surface area contributed by atoms with Crippen molar-refractivity contribution in [2.24, 2.45) is 0 Å². The van der Waals surface area contributed by atoms with Crippen LogP contribution < -0.4 is 5.56 Å². The van der Waals surface area contributed by atoms with Gasteiger partial charge in [-0.25, -0.2) is 4.98 Å². The van der Waals surface area contributed by atoms with Gasteiger partial charge < -0.3 is 4.98 Å². The molecule has 21 heavy (non-hydrogen) atoms. The Labute approximate surface area is 119 Å². The molecular weight excluding hydrogens is 315 g/mol. The highest BCUT2D eigenvalue weighted by molar-refractivity contribution is 7.99. The van der Waals surface area contributed by atoms with Crippen molar-refractivity contribution >= 4 is 11.8 Å². The van der Waals surface area contributed by atoms with Gasteiger partial charge in [-0.2, -0.15) is 22.0 Å². The van der Waals surface area contributed by atoms with Crippen LogP contribution in [0.5, 0.6) is 0 Å². The number of nitrogens with one attached hydrogen (secondary N) is 1. The first-order valence-corrected chi connectivity index (χ1v) is 6.37. The lowest BCUT2D eigenvalue weighted by atomic mass is 10.1. The molecule has 0 bridgehead atoms. The summed E-state index contributed by atoms with van der Waals surface area (Å²) in [5, 5.41) is 0. The summed E-state index contributed by atoms with van der Waals surface area (Å²) in [6.07, 6.45) is -4.78. The van der Waals surface area contributed by atoms with Gasteiger partial charge in [0.25, 0.3) is 11.3 Å². The van der Waals surface area contributed by atoms with E-state index in [9.17, 15) is 26.7 Å². The summed E-state index contributed by atoms with van der Waals surface area (Å²) >= 11 is 0.311. The fraction of sp³-hybridized carbons (Fsp3) is 0.167. The Hall–Kier alpha value is -1.90. The average molecular weight is 322 g/mol. The van der Waals surface area contributed by atoms with Gasteiger partial charge >= 0.3 is 6.18 Å². The molecule has 0 aliphatic carbocycles. The van der Waals surface area contributed by atoms with Crippen LogP contribution in [0.4, 0.5) is 22.0 Å². The molecular formula is C12H7F5N2OS. The predicted molar refractivity (Wildman–Crippen MR) is 67.2 cm³/mol. The molecule has 9 heteroatoms. The molecule has 0 amide bonds. The number of aromatic nitrogens is 2. The Kier molecular flexibility index (Phi) is 4.31. The first-order chi connectivity index (χ1) is 9.75. The van der Waals surface area contributed by atoms with Gasteiger partial charge in [-0.3, -0.25) is 4.79 Å². The number of alkyl halides is 5. The van der Waals surface area contributed by atoms with Gasteiger partial charge in [0.05, 0.1) is 5.69 Å². The van der Waals surface area contributed by atoms with E-state index in [1.165, 1.54) is 24.3 Å². The zero-order valence-corrected chi connectivity index (χ0v) is 10.9. The molecule has 2 aromatic rings. The summed E-state index contributed by atoms with van der Waals surface area (Å²) in [4.78, 5) is 16.4. The van der Waals surface area contributed by atoms with Crippen molar-refractivity contribution in [2.45, 2.75) is 16.8 Å². The lowest BCUT2D eigenvalue weighted by molar-refractivity contribution is -0.145. The largest absolute Gasteiger partial charge is 0.449 e. The second-order valence-corrected chi connectivity index (χ2v) is 4.94. The normalized spacial score (nSPS) is 11.9. The standard InChI is InChI=1S/C12H7F5N2OS/c13-11(14)21-7-3-1-6(2-4-7)8-5-9(20)19-10(18-8)12(15,16)17/h1-5,11H,(H,18,19,20). The van der Waals surface area contributed by atoms with Crippen molar-refractivity contribution in [1.29, 1.82) is 0 Å². The van der Waals surface area contributed by atoms with Crippen molar-refractivity contribution in [3.05, 3.63) is 46.5 Å². The molecule has 0 saturated heterocycles. The molecule has 0 fully saturated rings. The van der Waals surface area contributed by atoms with E-state index in [2.05, 4.69) is 4.98 Å². The van der Waals surface area contributed by atoms with Crippen LogP contribution in [0.15, 0.2) is 40.0 Å². The van der Waals surface area contributed by atoms with Crippen LogP contribution in [-0.4, -0.2) is 15.7 Å². The van der Waals surface area contributed by atoms with E-state index in [1.807, 2.05) is 0 Å². The number of aromatic amines is 1. The van der Waals surface area contributed by atoms with Crippen molar-refractivity contribution in [1.82, 2.24) is 9.97 Å². The second kappa shape index (κ2) is 5.84. The lowest BCUT2D eigenvalue weighted by Gasteiger charge is -2.08. The van der Waals surface area contributed by atoms with Crippen LogP contribution >= 0.6 is 11.8 Å². The highest BCUT2D eigenvalue weighted by atomic mass is 32.2. The van der Waals surface area contributed by atoms with Gasteiger partial charge in [0, 0.05) is 16.5 Å². The zero-order chi connectivity index (χ0) is 15.6. The minimum Gasteiger partial charge on any atom is -0.303 e. The molecule has 0 unspecified atom stereocenters. The number of hydrogen-bond donors (Lipinski definition) is 1. The van der Waals surface area contributed by atoms with Crippen molar-refractivity contribution < 1.29 is 22.0 Å². The third kappa shape index (κ3) is 4.03. The molecule has 1 N–H and O–H groups in total. The maximum Gasteiger partial charge on any atom is 0.449 e. The molecule has 1 aromatic heterocycles. The summed E-state index contributed by atoms with van der Waals surface area (Å²) < 4.78 is 62.0. The van der Waals surface area contributed by atoms with Gasteiger partial charge in [0.15, 0.2) is 0 Å². The molecule has 0 aliphatic heterocycles. The molecule has 2 rings (SSSR count). The van der Waals surface area contributed by atoms with Gasteiger partial charge in [-0.1, -0.05) is 23.9 Å². The topological polar surface area (TPSA) is 45.8 Å². The van der Waals surface area contributed by atoms with Crippen LogP contribution in [0.1, 0.15) is 5.82 Å². The van der Waals surface area contributed by atoms with E-state index in [-0.39, 0.29) is 16.2 Å². The minimum atomic E-state index is -4.78. The fourth-order valence-electron chi connectivity index (χ4n) is 1.55. The smallest absolute Gasteiger partial charge is 0.303 e. The fourth-order valence-corrected chi connectivity index (χ4v) is 2.05. The number of rotatable bonds is 3. The van der Waals surface area contributed by atoms with Crippen LogP contribution in [0.2, 0.25) is 0 Å². The van der Waals surface area contributed by atoms with Gasteiger partial charge in [-0.15, -0.1) is 0 Å². The van der Waals surface area contributed by atoms with Crippen molar-refractivity contribution in [3.8, 4) is 11.3 Å². The second-order valence-electron chi connectivity index (χ2n) is 3.88. The Morgan fingerprint density at radius 3 is 2.29 bits per heavy atom. The van der Waals surface area contributed by atoms with E-state index < -0.39 is 23.3 Å². The predicted octanol–water partition coefficient (Wildman–Crippen LogP) is 3.77. The number of nitrogens with zero attached hydrogens (tertiary/aromatic N) is 1. The molecule has 0 radical (unpaired) electrons. The minimum absolute atomic E-state index is 0.181. The first kappa shape index (κ1) is 15.5. The number of halogens is 5. The highest BCUT2D eigenvalue weighted by Gasteiger charge is 2.34. The molecule has 0 aliphatic rings. The molecule has 1 aromatic carbocycles.